The fourth-order valence-corrected chi connectivity index (χ4v) is 3.64. The quantitative estimate of drug-likeness (QED) is 0.761. The molecule has 0 saturated carbocycles. The first kappa shape index (κ1) is 18.0. The SMILES string of the molecule is CNC(=O)[C@@H]1C[C@H](Oc2ccccc2)CN1C(=O)c1nccc2ccccc12. The van der Waals surface area contributed by atoms with Crippen molar-refractivity contribution in [3.63, 3.8) is 0 Å². The number of amides is 2. The number of pyridine rings is 1. The summed E-state index contributed by atoms with van der Waals surface area (Å²) in [7, 11) is 1.58. The number of carbonyl (C=O) groups excluding carboxylic acids is 2. The zero-order valence-electron chi connectivity index (χ0n) is 15.5. The zero-order chi connectivity index (χ0) is 19.5. The minimum Gasteiger partial charge on any atom is -0.488 e. The van der Waals surface area contributed by atoms with E-state index in [1.165, 1.54) is 0 Å². The number of rotatable bonds is 4. The van der Waals surface area contributed by atoms with Crippen LogP contribution in [0.3, 0.4) is 0 Å². The number of likely N-dealkylation sites (N-methyl/N-ethyl adjacent to an activating group) is 1. The Labute approximate surface area is 163 Å². The van der Waals surface area contributed by atoms with E-state index in [9.17, 15) is 9.59 Å². The molecule has 0 radical (unpaired) electrons. The number of nitrogens with one attached hydrogen (secondary N) is 1. The minimum atomic E-state index is -0.591. The van der Waals surface area contributed by atoms with E-state index in [1.54, 1.807) is 18.1 Å². The van der Waals surface area contributed by atoms with E-state index in [0.717, 1.165) is 16.5 Å². The molecule has 0 aliphatic carbocycles. The van der Waals surface area contributed by atoms with Gasteiger partial charge in [0.2, 0.25) is 5.91 Å². The molecule has 28 heavy (non-hydrogen) atoms. The van der Waals surface area contributed by atoms with Gasteiger partial charge in [-0.05, 0) is 23.6 Å². The third-order valence-electron chi connectivity index (χ3n) is 4.99. The lowest BCUT2D eigenvalue weighted by Crippen LogP contribution is -2.45. The minimum absolute atomic E-state index is 0.201. The summed E-state index contributed by atoms with van der Waals surface area (Å²) in [5.74, 6) is 0.262. The Kier molecular flexibility index (Phi) is 4.93. The molecule has 2 aromatic carbocycles. The van der Waals surface area contributed by atoms with Crippen LogP contribution in [0.4, 0.5) is 0 Å². The van der Waals surface area contributed by atoms with Gasteiger partial charge in [0, 0.05) is 25.1 Å². The molecule has 1 aliphatic rings. The van der Waals surface area contributed by atoms with Gasteiger partial charge in [-0.1, -0.05) is 42.5 Å². The molecule has 1 aromatic heterocycles. The van der Waals surface area contributed by atoms with Crippen LogP contribution in [0.2, 0.25) is 0 Å². The fraction of sp³-hybridized carbons (Fsp3) is 0.227. The molecule has 6 nitrogen and oxygen atoms in total. The van der Waals surface area contributed by atoms with Gasteiger partial charge in [-0.3, -0.25) is 14.6 Å². The fourth-order valence-electron chi connectivity index (χ4n) is 3.64. The molecular formula is C22H21N3O3. The number of para-hydroxylation sites is 1. The van der Waals surface area contributed by atoms with Crippen molar-refractivity contribution < 1.29 is 14.3 Å². The number of ether oxygens (including phenoxy) is 1. The summed E-state index contributed by atoms with van der Waals surface area (Å²) in [6.07, 6.45) is 1.80. The predicted octanol–water partition coefficient (Wildman–Crippen LogP) is 2.64. The number of hydrogen-bond donors (Lipinski definition) is 1. The number of carbonyl (C=O) groups is 2. The first-order valence-electron chi connectivity index (χ1n) is 9.25. The zero-order valence-corrected chi connectivity index (χ0v) is 15.5. The van der Waals surface area contributed by atoms with Crippen molar-refractivity contribution in [2.75, 3.05) is 13.6 Å². The van der Waals surface area contributed by atoms with E-state index in [4.69, 9.17) is 4.74 Å². The van der Waals surface area contributed by atoms with Gasteiger partial charge >= 0.3 is 0 Å². The van der Waals surface area contributed by atoms with Crippen molar-refractivity contribution in [3.8, 4) is 5.75 Å². The van der Waals surface area contributed by atoms with Gasteiger partial charge in [0.05, 0.1) is 6.54 Å². The molecule has 4 rings (SSSR count). The lowest BCUT2D eigenvalue weighted by molar-refractivity contribution is -0.124. The number of benzene rings is 2. The summed E-state index contributed by atoms with van der Waals surface area (Å²) in [6, 6.07) is 18.3. The van der Waals surface area contributed by atoms with Crippen LogP contribution in [0.5, 0.6) is 5.75 Å². The molecule has 0 spiro atoms. The molecule has 1 N–H and O–H groups in total. The van der Waals surface area contributed by atoms with Crippen molar-refractivity contribution in [1.82, 2.24) is 15.2 Å². The molecule has 2 heterocycles. The van der Waals surface area contributed by atoms with Crippen LogP contribution in [-0.2, 0) is 4.79 Å². The standard InChI is InChI=1S/C22H21N3O3/c1-23-21(26)19-13-17(28-16-8-3-2-4-9-16)14-25(19)22(27)20-18-10-6-5-7-15(18)11-12-24-20/h2-12,17,19H,13-14H2,1H3,(H,23,26)/t17-,19-/m0/s1. The highest BCUT2D eigenvalue weighted by Crippen LogP contribution is 2.26. The largest absolute Gasteiger partial charge is 0.488 e. The Morgan fingerprint density at radius 1 is 1.07 bits per heavy atom. The van der Waals surface area contributed by atoms with E-state index >= 15 is 0 Å². The highest BCUT2D eigenvalue weighted by atomic mass is 16.5. The van der Waals surface area contributed by atoms with Crippen LogP contribution < -0.4 is 10.1 Å². The van der Waals surface area contributed by atoms with Gasteiger partial charge in [-0.2, -0.15) is 0 Å². The van der Waals surface area contributed by atoms with Crippen molar-refractivity contribution in [2.45, 2.75) is 18.6 Å². The Morgan fingerprint density at radius 3 is 2.61 bits per heavy atom. The highest BCUT2D eigenvalue weighted by molar-refractivity contribution is 6.06. The monoisotopic (exact) mass is 375 g/mol. The number of fused-ring (bicyclic) bond motifs is 1. The van der Waals surface area contributed by atoms with Gasteiger partial charge < -0.3 is 15.0 Å². The molecule has 6 heteroatoms. The van der Waals surface area contributed by atoms with Crippen LogP contribution in [0.25, 0.3) is 10.8 Å². The average molecular weight is 375 g/mol. The Bertz CT molecular complexity index is 1000. The second kappa shape index (κ2) is 7.68. The second-order valence-electron chi connectivity index (χ2n) is 6.76. The first-order valence-corrected chi connectivity index (χ1v) is 9.25. The van der Waals surface area contributed by atoms with Crippen molar-refractivity contribution >= 4 is 22.6 Å². The second-order valence-corrected chi connectivity index (χ2v) is 6.76. The predicted molar refractivity (Wildman–Crippen MR) is 106 cm³/mol. The molecule has 0 bridgehead atoms. The van der Waals surface area contributed by atoms with E-state index < -0.39 is 6.04 Å². The van der Waals surface area contributed by atoms with E-state index in [-0.39, 0.29) is 17.9 Å². The highest BCUT2D eigenvalue weighted by Gasteiger charge is 2.41. The van der Waals surface area contributed by atoms with E-state index in [2.05, 4.69) is 10.3 Å². The topological polar surface area (TPSA) is 71.5 Å². The maximum Gasteiger partial charge on any atom is 0.273 e. The molecule has 1 aliphatic heterocycles. The maximum absolute atomic E-state index is 13.3. The molecule has 2 amide bonds. The average Bonchev–Trinajstić information content (AvgIpc) is 3.16. The van der Waals surface area contributed by atoms with Crippen LogP contribution in [0.1, 0.15) is 16.9 Å². The summed E-state index contributed by atoms with van der Waals surface area (Å²) in [6.45, 7) is 0.330. The first-order chi connectivity index (χ1) is 13.7. The lowest BCUT2D eigenvalue weighted by Gasteiger charge is -2.23. The lowest BCUT2D eigenvalue weighted by atomic mass is 10.1. The van der Waals surface area contributed by atoms with Gasteiger partial charge in [0.1, 0.15) is 23.6 Å². The van der Waals surface area contributed by atoms with Crippen molar-refractivity contribution in [3.05, 3.63) is 72.6 Å². The summed E-state index contributed by atoms with van der Waals surface area (Å²) in [5.41, 5.74) is 0.354. The molecule has 1 fully saturated rings. The Balaban J connectivity index is 1.63. The summed E-state index contributed by atoms with van der Waals surface area (Å²) in [5, 5.41) is 4.37. The van der Waals surface area contributed by atoms with Gasteiger partial charge in [-0.15, -0.1) is 0 Å². The van der Waals surface area contributed by atoms with Crippen molar-refractivity contribution in [1.29, 1.82) is 0 Å². The van der Waals surface area contributed by atoms with Gasteiger partial charge in [0.15, 0.2) is 0 Å². The molecule has 2 atom stereocenters. The number of likely N-dealkylation sites (tertiary alicyclic amines) is 1. The molecule has 142 valence electrons. The molecule has 3 aromatic rings. The summed E-state index contributed by atoms with van der Waals surface area (Å²) >= 11 is 0. The van der Waals surface area contributed by atoms with Gasteiger partial charge in [0.25, 0.3) is 5.91 Å². The number of hydrogen-bond acceptors (Lipinski definition) is 4. The van der Waals surface area contributed by atoms with E-state index in [0.29, 0.717) is 18.7 Å². The number of nitrogens with zero attached hydrogens (tertiary/aromatic N) is 2. The van der Waals surface area contributed by atoms with Crippen molar-refractivity contribution in [2.24, 2.45) is 0 Å². The third-order valence-corrected chi connectivity index (χ3v) is 4.99. The number of aromatic nitrogens is 1. The smallest absolute Gasteiger partial charge is 0.273 e. The maximum atomic E-state index is 13.3. The Hall–Kier alpha value is -3.41. The van der Waals surface area contributed by atoms with E-state index in [1.807, 2.05) is 60.7 Å². The normalized spacial score (nSPS) is 18.8. The van der Waals surface area contributed by atoms with Gasteiger partial charge in [-0.25, -0.2) is 0 Å². The molecule has 0 unspecified atom stereocenters. The molecule has 1 saturated heterocycles. The van der Waals surface area contributed by atoms with Crippen LogP contribution >= 0.6 is 0 Å². The summed E-state index contributed by atoms with van der Waals surface area (Å²) < 4.78 is 6.01. The van der Waals surface area contributed by atoms with Crippen LogP contribution in [0, 0.1) is 0 Å². The Morgan fingerprint density at radius 2 is 1.82 bits per heavy atom. The van der Waals surface area contributed by atoms with Crippen LogP contribution in [-0.4, -0.2) is 47.4 Å². The third kappa shape index (κ3) is 3.41. The molecular weight excluding hydrogens is 354 g/mol. The summed E-state index contributed by atoms with van der Waals surface area (Å²) in [4.78, 5) is 31.6. The van der Waals surface area contributed by atoms with Crippen LogP contribution in [0.15, 0.2) is 66.9 Å².